The summed E-state index contributed by atoms with van der Waals surface area (Å²) in [4.78, 5) is 4.22. The molecule has 1 unspecified atom stereocenters. The van der Waals surface area contributed by atoms with E-state index in [4.69, 9.17) is 5.11 Å². The van der Waals surface area contributed by atoms with Gasteiger partial charge >= 0.3 is 0 Å². The third kappa shape index (κ3) is 5.16. The summed E-state index contributed by atoms with van der Waals surface area (Å²) < 4.78 is 0. The number of thioether (sulfide) groups is 1. The number of hydrogen-bond acceptors (Lipinski definition) is 4. The molecule has 4 heteroatoms. The number of aromatic nitrogens is 1. The predicted octanol–water partition coefficient (Wildman–Crippen LogP) is 1.29. The maximum atomic E-state index is 9.14. The lowest BCUT2D eigenvalue weighted by Crippen LogP contribution is -2.32. The predicted molar refractivity (Wildman–Crippen MR) is 64.9 cm³/mol. The van der Waals surface area contributed by atoms with Crippen molar-refractivity contribution in [3.8, 4) is 0 Å². The van der Waals surface area contributed by atoms with E-state index >= 15 is 0 Å². The number of aliphatic hydroxyl groups excluding tert-OH is 1. The second-order valence-corrected chi connectivity index (χ2v) is 4.35. The molecule has 0 aliphatic carbocycles. The number of pyridine rings is 1. The Morgan fingerprint density at radius 1 is 1.53 bits per heavy atom. The SMILES string of the molecule is CSCCC(CO)NCc1ccccn1. The van der Waals surface area contributed by atoms with Gasteiger partial charge in [0.15, 0.2) is 0 Å². The molecule has 0 amide bonds. The summed E-state index contributed by atoms with van der Waals surface area (Å²) in [5, 5.41) is 12.4. The van der Waals surface area contributed by atoms with Crippen molar-refractivity contribution in [2.75, 3.05) is 18.6 Å². The molecule has 2 N–H and O–H groups in total. The lowest BCUT2D eigenvalue weighted by Gasteiger charge is -2.15. The van der Waals surface area contributed by atoms with Gasteiger partial charge in [-0.3, -0.25) is 4.98 Å². The maximum absolute atomic E-state index is 9.14. The summed E-state index contributed by atoms with van der Waals surface area (Å²) in [5.41, 5.74) is 1.01. The Balaban J connectivity index is 2.28. The van der Waals surface area contributed by atoms with Crippen molar-refractivity contribution in [3.63, 3.8) is 0 Å². The maximum Gasteiger partial charge on any atom is 0.0585 e. The lowest BCUT2D eigenvalue weighted by molar-refractivity contribution is 0.238. The van der Waals surface area contributed by atoms with E-state index in [1.54, 1.807) is 18.0 Å². The lowest BCUT2D eigenvalue weighted by atomic mass is 10.2. The summed E-state index contributed by atoms with van der Waals surface area (Å²) in [6.45, 7) is 0.911. The Kier molecular flexibility index (Phi) is 6.39. The molecule has 1 atom stereocenters. The standard InChI is InChI=1S/C11H18N2OS/c1-15-7-5-11(9-14)13-8-10-4-2-3-6-12-10/h2-4,6,11,13-14H,5,7-9H2,1H3. The second-order valence-electron chi connectivity index (χ2n) is 3.36. The molecular weight excluding hydrogens is 208 g/mol. The highest BCUT2D eigenvalue weighted by atomic mass is 32.2. The number of aliphatic hydroxyl groups is 1. The van der Waals surface area contributed by atoms with Crippen LogP contribution >= 0.6 is 11.8 Å². The topological polar surface area (TPSA) is 45.1 Å². The molecule has 0 aliphatic heterocycles. The highest BCUT2D eigenvalue weighted by molar-refractivity contribution is 7.98. The Labute approximate surface area is 95.3 Å². The van der Waals surface area contributed by atoms with Gasteiger partial charge in [-0.25, -0.2) is 0 Å². The van der Waals surface area contributed by atoms with Crippen molar-refractivity contribution >= 4 is 11.8 Å². The fraction of sp³-hybridized carbons (Fsp3) is 0.545. The molecular formula is C11H18N2OS. The van der Waals surface area contributed by atoms with Crippen molar-refractivity contribution in [2.45, 2.75) is 19.0 Å². The van der Waals surface area contributed by atoms with Crippen LogP contribution in [0.1, 0.15) is 12.1 Å². The molecule has 3 nitrogen and oxygen atoms in total. The normalized spacial score (nSPS) is 12.7. The van der Waals surface area contributed by atoms with Gasteiger partial charge in [-0.2, -0.15) is 11.8 Å². The van der Waals surface area contributed by atoms with Crippen LogP contribution in [0, 0.1) is 0 Å². The summed E-state index contributed by atoms with van der Waals surface area (Å²) in [7, 11) is 0. The third-order valence-corrected chi connectivity index (χ3v) is 2.83. The fourth-order valence-corrected chi connectivity index (χ4v) is 1.79. The molecule has 0 radical (unpaired) electrons. The summed E-state index contributed by atoms with van der Waals surface area (Å²) in [5.74, 6) is 1.07. The van der Waals surface area contributed by atoms with Gasteiger partial charge in [-0.05, 0) is 30.6 Å². The van der Waals surface area contributed by atoms with E-state index in [2.05, 4.69) is 16.6 Å². The highest BCUT2D eigenvalue weighted by Gasteiger charge is 2.05. The minimum absolute atomic E-state index is 0.180. The number of nitrogens with one attached hydrogen (secondary N) is 1. The van der Waals surface area contributed by atoms with E-state index in [0.717, 1.165) is 24.4 Å². The van der Waals surface area contributed by atoms with Crippen molar-refractivity contribution in [1.29, 1.82) is 0 Å². The van der Waals surface area contributed by atoms with Crippen molar-refractivity contribution in [2.24, 2.45) is 0 Å². The van der Waals surface area contributed by atoms with Crippen molar-refractivity contribution in [1.82, 2.24) is 10.3 Å². The van der Waals surface area contributed by atoms with E-state index in [-0.39, 0.29) is 12.6 Å². The number of hydrogen-bond donors (Lipinski definition) is 2. The Morgan fingerprint density at radius 3 is 3.00 bits per heavy atom. The Bertz CT molecular complexity index is 256. The second kappa shape index (κ2) is 7.68. The van der Waals surface area contributed by atoms with E-state index < -0.39 is 0 Å². The largest absolute Gasteiger partial charge is 0.395 e. The third-order valence-electron chi connectivity index (χ3n) is 2.19. The quantitative estimate of drug-likeness (QED) is 0.735. The monoisotopic (exact) mass is 226 g/mol. The van der Waals surface area contributed by atoms with Crippen LogP contribution in [0.5, 0.6) is 0 Å². The minimum Gasteiger partial charge on any atom is -0.395 e. The molecule has 84 valence electrons. The smallest absolute Gasteiger partial charge is 0.0585 e. The van der Waals surface area contributed by atoms with Crippen LogP contribution in [0.15, 0.2) is 24.4 Å². The molecule has 0 aromatic carbocycles. The van der Waals surface area contributed by atoms with E-state index in [9.17, 15) is 0 Å². The average Bonchev–Trinajstić information content (AvgIpc) is 2.31. The summed E-state index contributed by atoms with van der Waals surface area (Å²) in [6, 6.07) is 6.04. The van der Waals surface area contributed by atoms with Crippen LogP contribution in [-0.2, 0) is 6.54 Å². The van der Waals surface area contributed by atoms with Gasteiger partial charge in [0.25, 0.3) is 0 Å². The zero-order chi connectivity index (χ0) is 10.9. The zero-order valence-electron chi connectivity index (χ0n) is 9.02. The molecule has 1 heterocycles. The molecule has 0 saturated carbocycles. The van der Waals surface area contributed by atoms with Gasteiger partial charge in [0.2, 0.25) is 0 Å². The van der Waals surface area contributed by atoms with Gasteiger partial charge in [0, 0.05) is 18.8 Å². The molecule has 0 saturated heterocycles. The number of nitrogens with zero attached hydrogens (tertiary/aromatic N) is 1. The van der Waals surface area contributed by atoms with Gasteiger partial charge in [-0.1, -0.05) is 6.07 Å². The van der Waals surface area contributed by atoms with Crippen LogP contribution in [0.4, 0.5) is 0 Å². The Morgan fingerprint density at radius 2 is 2.40 bits per heavy atom. The van der Waals surface area contributed by atoms with Crippen LogP contribution in [0.25, 0.3) is 0 Å². The molecule has 0 aliphatic rings. The van der Waals surface area contributed by atoms with Crippen LogP contribution in [-0.4, -0.2) is 34.7 Å². The molecule has 15 heavy (non-hydrogen) atoms. The van der Waals surface area contributed by atoms with Gasteiger partial charge in [0.1, 0.15) is 0 Å². The molecule has 0 fully saturated rings. The van der Waals surface area contributed by atoms with Crippen LogP contribution < -0.4 is 5.32 Å². The van der Waals surface area contributed by atoms with E-state index in [0.29, 0.717) is 0 Å². The fourth-order valence-electron chi connectivity index (χ4n) is 1.27. The zero-order valence-corrected chi connectivity index (χ0v) is 9.83. The molecule has 1 aromatic rings. The Hall–Kier alpha value is -0.580. The molecule has 0 spiro atoms. The molecule has 0 bridgehead atoms. The highest BCUT2D eigenvalue weighted by Crippen LogP contribution is 2.01. The molecule has 1 rings (SSSR count). The first-order chi connectivity index (χ1) is 7.36. The summed E-state index contributed by atoms with van der Waals surface area (Å²) >= 11 is 1.80. The van der Waals surface area contributed by atoms with Gasteiger partial charge in [0.05, 0.1) is 12.3 Å². The molecule has 1 aromatic heterocycles. The van der Waals surface area contributed by atoms with E-state index in [1.807, 2.05) is 18.2 Å². The van der Waals surface area contributed by atoms with E-state index in [1.165, 1.54) is 0 Å². The first-order valence-corrected chi connectivity index (χ1v) is 6.49. The van der Waals surface area contributed by atoms with Crippen LogP contribution in [0.3, 0.4) is 0 Å². The van der Waals surface area contributed by atoms with Crippen molar-refractivity contribution < 1.29 is 5.11 Å². The van der Waals surface area contributed by atoms with Gasteiger partial charge < -0.3 is 10.4 Å². The first-order valence-electron chi connectivity index (χ1n) is 5.10. The summed E-state index contributed by atoms with van der Waals surface area (Å²) in [6.07, 6.45) is 4.85. The van der Waals surface area contributed by atoms with Gasteiger partial charge in [-0.15, -0.1) is 0 Å². The first kappa shape index (κ1) is 12.5. The average molecular weight is 226 g/mol. The van der Waals surface area contributed by atoms with Crippen molar-refractivity contribution in [3.05, 3.63) is 30.1 Å². The minimum atomic E-state index is 0.180. The number of rotatable bonds is 7. The van der Waals surface area contributed by atoms with Crippen LogP contribution in [0.2, 0.25) is 0 Å².